The molecule has 19 heavy (non-hydrogen) atoms. The van der Waals surface area contributed by atoms with Gasteiger partial charge >= 0.3 is 0 Å². The van der Waals surface area contributed by atoms with E-state index in [0.29, 0.717) is 12.5 Å². The molecule has 0 aliphatic carbocycles. The van der Waals surface area contributed by atoms with Crippen molar-refractivity contribution in [2.45, 2.75) is 32.8 Å². The second-order valence-corrected chi connectivity index (χ2v) is 5.13. The van der Waals surface area contributed by atoms with Gasteiger partial charge in [-0.3, -0.25) is 0 Å². The van der Waals surface area contributed by atoms with E-state index in [1.54, 1.807) is 7.11 Å². The van der Waals surface area contributed by atoms with E-state index in [0.717, 1.165) is 31.8 Å². The first kappa shape index (κ1) is 14.4. The maximum Gasteiger partial charge on any atom is 0.125 e. The molecule has 0 bridgehead atoms. The molecule has 106 valence electrons. The number of hydrogen-bond acceptors (Lipinski definition) is 3. The fraction of sp³-hybridized carbons (Fsp3) is 0.625. The third-order valence-electron chi connectivity index (χ3n) is 3.86. The Morgan fingerprint density at radius 1 is 1.42 bits per heavy atom. The molecule has 0 radical (unpaired) electrons. The number of methoxy groups -OCH3 is 1. The summed E-state index contributed by atoms with van der Waals surface area (Å²) in [6, 6.07) is 6.30. The van der Waals surface area contributed by atoms with Crippen LogP contribution < -0.4 is 4.74 Å². The van der Waals surface area contributed by atoms with E-state index in [1.807, 2.05) is 0 Å². The monoisotopic (exact) mass is 264 g/mol. The Morgan fingerprint density at radius 2 is 2.26 bits per heavy atom. The summed E-state index contributed by atoms with van der Waals surface area (Å²) in [6.07, 6.45) is 2.17. The van der Waals surface area contributed by atoms with Gasteiger partial charge < -0.3 is 14.2 Å². The lowest BCUT2D eigenvalue weighted by Gasteiger charge is -2.22. The largest absolute Gasteiger partial charge is 0.490 e. The number of hydrogen-bond donors (Lipinski definition) is 0. The number of rotatable bonds is 6. The van der Waals surface area contributed by atoms with E-state index in [1.165, 1.54) is 11.1 Å². The highest BCUT2D eigenvalue weighted by molar-refractivity contribution is 5.40. The van der Waals surface area contributed by atoms with Crippen molar-refractivity contribution in [3.05, 3.63) is 29.3 Å². The van der Waals surface area contributed by atoms with E-state index < -0.39 is 0 Å². The average Bonchev–Trinajstić information content (AvgIpc) is 2.95. The van der Waals surface area contributed by atoms with Crippen LogP contribution in [0.3, 0.4) is 0 Å². The minimum absolute atomic E-state index is 0.117. The van der Waals surface area contributed by atoms with Gasteiger partial charge in [0.15, 0.2) is 0 Å². The number of para-hydroxylation sites is 1. The van der Waals surface area contributed by atoms with E-state index in [2.05, 4.69) is 32.0 Å². The summed E-state index contributed by atoms with van der Waals surface area (Å²) in [5.41, 5.74) is 2.45. The zero-order valence-electron chi connectivity index (χ0n) is 12.1. The lowest BCUT2D eigenvalue weighted by Crippen LogP contribution is -2.30. The van der Waals surface area contributed by atoms with E-state index in [4.69, 9.17) is 14.2 Å². The Hall–Kier alpha value is -1.06. The maximum atomic E-state index is 6.04. The summed E-state index contributed by atoms with van der Waals surface area (Å²) >= 11 is 0. The molecule has 0 N–H and O–H groups in total. The van der Waals surface area contributed by atoms with Gasteiger partial charge in [-0.2, -0.15) is 0 Å². The van der Waals surface area contributed by atoms with Gasteiger partial charge in [-0.25, -0.2) is 0 Å². The highest BCUT2D eigenvalue weighted by Gasteiger charge is 2.26. The lowest BCUT2D eigenvalue weighted by atomic mass is 10.0. The topological polar surface area (TPSA) is 27.7 Å². The van der Waals surface area contributed by atoms with Gasteiger partial charge in [-0.15, -0.1) is 0 Å². The summed E-state index contributed by atoms with van der Waals surface area (Å²) in [6.45, 7) is 6.48. The van der Waals surface area contributed by atoms with Crippen LogP contribution in [0.5, 0.6) is 5.75 Å². The van der Waals surface area contributed by atoms with Crippen molar-refractivity contribution in [3.8, 4) is 5.75 Å². The van der Waals surface area contributed by atoms with E-state index in [9.17, 15) is 0 Å². The summed E-state index contributed by atoms with van der Waals surface area (Å²) in [5, 5.41) is 0. The summed E-state index contributed by atoms with van der Waals surface area (Å²) < 4.78 is 17.0. The molecule has 0 saturated carbocycles. The zero-order chi connectivity index (χ0) is 13.7. The number of ether oxygens (including phenoxy) is 3. The van der Waals surface area contributed by atoms with Crippen LogP contribution in [0.15, 0.2) is 18.2 Å². The van der Waals surface area contributed by atoms with Crippen molar-refractivity contribution in [1.82, 2.24) is 0 Å². The van der Waals surface area contributed by atoms with E-state index >= 15 is 0 Å². The zero-order valence-corrected chi connectivity index (χ0v) is 12.1. The Labute approximate surface area is 115 Å². The van der Waals surface area contributed by atoms with Crippen molar-refractivity contribution in [2.75, 3.05) is 26.9 Å². The molecule has 2 unspecified atom stereocenters. The first-order chi connectivity index (χ1) is 9.26. The predicted molar refractivity (Wildman–Crippen MR) is 75.8 cm³/mol. The predicted octanol–water partition coefficient (Wildman–Crippen LogP) is 2.99. The van der Waals surface area contributed by atoms with Gasteiger partial charge in [-0.1, -0.05) is 25.1 Å². The van der Waals surface area contributed by atoms with Crippen molar-refractivity contribution >= 4 is 0 Å². The average molecular weight is 264 g/mol. The van der Waals surface area contributed by atoms with Crippen molar-refractivity contribution in [2.24, 2.45) is 5.92 Å². The third kappa shape index (κ3) is 3.48. The fourth-order valence-electron chi connectivity index (χ4n) is 2.61. The lowest BCUT2D eigenvalue weighted by molar-refractivity contribution is 0.0113. The molecular formula is C16H24O3. The van der Waals surface area contributed by atoms with E-state index in [-0.39, 0.29) is 6.10 Å². The normalized spacial score (nSPS) is 20.5. The Kier molecular flexibility index (Phi) is 5.23. The summed E-state index contributed by atoms with van der Waals surface area (Å²) in [4.78, 5) is 0. The fourth-order valence-corrected chi connectivity index (χ4v) is 2.61. The smallest absolute Gasteiger partial charge is 0.125 e. The molecule has 0 amide bonds. The molecule has 1 aromatic carbocycles. The van der Waals surface area contributed by atoms with Crippen LogP contribution in [-0.2, 0) is 15.9 Å². The minimum atomic E-state index is 0.117. The molecule has 3 nitrogen and oxygen atoms in total. The van der Waals surface area contributed by atoms with Gasteiger partial charge in [0.05, 0.1) is 12.7 Å². The molecule has 0 spiro atoms. The van der Waals surface area contributed by atoms with Crippen LogP contribution in [0.4, 0.5) is 0 Å². The molecule has 1 fully saturated rings. The Balaban J connectivity index is 2.00. The summed E-state index contributed by atoms with van der Waals surface area (Å²) in [5.74, 6) is 1.48. The van der Waals surface area contributed by atoms with Crippen LogP contribution in [0.1, 0.15) is 24.5 Å². The molecule has 2 rings (SSSR count). The van der Waals surface area contributed by atoms with Crippen LogP contribution in [0, 0.1) is 12.8 Å². The van der Waals surface area contributed by atoms with Gasteiger partial charge in [-0.05, 0) is 30.9 Å². The molecule has 0 aromatic heterocycles. The quantitative estimate of drug-likeness (QED) is 0.790. The number of benzene rings is 1. The van der Waals surface area contributed by atoms with Crippen molar-refractivity contribution in [3.63, 3.8) is 0 Å². The van der Waals surface area contributed by atoms with Gasteiger partial charge in [0.2, 0.25) is 0 Å². The van der Waals surface area contributed by atoms with Crippen molar-refractivity contribution in [1.29, 1.82) is 0 Å². The highest BCUT2D eigenvalue weighted by Crippen LogP contribution is 2.26. The molecule has 2 atom stereocenters. The van der Waals surface area contributed by atoms with Crippen LogP contribution in [-0.4, -0.2) is 33.0 Å². The first-order valence-corrected chi connectivity index (χ1v) is 7.08. The molecule has 1 aromatic rings. The SMILES string of the molecule is CCc1cccc(C)c1OCC(OC)C1CCOC1. The van der Waals surface area contributed by atoms with Crippen LogP contribution in [0.25, 0.3) is 0 Å². The second kappa shape index (κ2) is 6.92. The second-order valence-electron chi connectivity index (χ2n) is 5.13. The molecule has 1 aliphatic rings. The number of aryl methyl sites for hydroxylation is 2. The minimum Gasteiger partial charge on any atom is -0.490 e. The van der Waals surface area contributed by atoms with Gasteiger partial charge in [0.1, 0.15) is 12.4 Å². The summed E-state index contributed by atoms with van der Waals surface area (Å²) in [7, 11) is 1.75. The molecule has 1 heterocycles. The molecule has 3 heteroatoms. The van der Waals surface area contributed by atoms with Crippen LogP contribution in [0.2, 0.25) is 0 Å². The maximum absolute atomic E-state index is 6.04. The van der Waals surface area contributed by atoms with Gasteiger partial charge in [0, 0.05) is 19.6 Å². The molecule has 1 aliphatic heterocycles. The highest BCUT2D eigenvalue weighted by atomic mass is 16.5. The first-order valence-electron chi connectivity index (χ1n) is 7.08. The van der Waals surface area contributed by atoms with Gasteiger partial charge in [0.25, 0.3) is 0 Å². The molecule has 1 saturated heterocycles. The Bertz CT molecular complexity index is 397. The molecular weight excluding hydrogens is 240 g/mol. The van der Waals surface area contributed by atoms with Crippen molar-refractivity contribution < 1.29 is 14.2 Å². The standard InChI is InChI=1S/C16H24O3/c1-4-13-7-5-6-12(2)16(13)19-11-15(17-3)14-8-9-18-10-14/h5-7,14-15H,4,8-11H2,1-3H3. The third-order valence-corrected chi connectivity index (χ3v) is 3.86. The van der Waals surface area contributed by atoms with Crippen LogP contribution >= 0.6 is 0 Å². The Morgan fingerprint density at radius 3 is 2.89 bits per heavy atom.